The van der Waals surface area contributed by atoms with Crippen LogP contribution in [0.15, 0.2) is 18.2 Å². The number of alkyl carbamates (subject to hydrolysis) is 1. The number of ether oxygens (including phenoxy) is 2. The van der Waals surface area contributed by atoms with Gasteiger partial charge in [-0.05, 0) is 19.1 Å². The minimum Gasteiger partial charge on any atom is -0.453 e. The molecule has 1 saturated heterocycles. The van der Waals surface area contributed by atoms with Crippen molar-refractivity contribution < 1.29 is 23.5 Å². The van der Waals surface area contributed by atoms with Crippen LogP contribution in [0.25, 0.3) is 10.2 Å². The van der Waals surface area contributed by atoms with Crippen molar-refractivity contribution in [3.05, 3.63) is 24.0 Å². The van der Waals surface area contributed by atoms with E-state index in [0.29, 0.717) is 29.9 Å². The molecule has 2 heterocycles. The number of nitrogens with zero attached hydrogens (tertiary/aromatic N) is 2. The lowest BCUT2D eigenvalue weighted by molar-refractivity contribution is -0.122. The molecule has 3 rings (SSSR count). The first kappa shape index (κ1) is 19.3. The second kappa shape index (κ2) is 8.05. The highest BCUT2D eigenvalue weighted by molar-refractivity contribution is 7.22. The third-order valence-corrected chi connectivity index (χ3v) is 5.34. The molecule has 1 fully saturated rings. The number of rotatable bonds is 5. The number of halogens is 1. The van der Waals surface area contributed by atoms with E-state index >= 15 is 0 Å². The number of fused-ring (bicyclic) bond motifs is 1. The molecule has 10 heteroatoms. The monoisotopic (exact) mass is 396 g/mol. The number of methoxy groups -OCH3 is 1. The zero-order valence-electron chi connectivity index (χ0n) is 15.1. The van der Waals surface area contributed by atoms with E-state index in [0.717, 1.165) is 5.13 Å². The van der Waals surface area contributed by atoms with Gasteiger partial charge < -0.3 is 25.0 Å². The van der Waals surface area contributed by atoms with Crippen molar-refractivity contribution in [2.24, 2.45) is 0 Å². The first-order chi connectivity index (χ1) is 12.9. The van der Waals surface area contributed by atoms with E-state index in [1.54, 1.807) is 12.1 Å². The smallest absolute Gasteiger partial charge is 0.407 e. The molecule has 146 valence electrons. The normalized spacial score (nSPS) is 19.7. The van der Waals surface area contributed by atoms with Crippen molar-refractivity contribution in [2.45, 2.75) is 12.5 Å². The lowest BCUT2D eigenvalue weighted by atomic mass is 10.0. The Kier molecular flexibility index (Phi) is 5.76. The van der Waals surface area contributed by atoms with Crippen molar-refractivity contribution >= 4 is 38.7 Å². The SMILES string of the molecule is COC(=O)NCC(=O)NCC1(C)CN(c2nc3cccc(F)c3s2)CCO1. The Morgan fingerprint density at radius 3 is 3.00 bits per heavy atom. The molecular weight excluding hydrogens is 375 g/mol. The number of aromatic nitrogens is 1. The molecule has 1 atom stereocenters. The summed E-state index contributed by atoms with van der Waals surface area (Å²) in [5.74, 6) is -0.623. The molecule has 2 aromatic rings. The van der Waals surface area contributed by atoms with Crippen LogP contribution in [0.4, 0.5) is 14.3 Å². The Balaban J connectivity index is 1.61. The van der Waals surface area contributed by atoms with Crippen LogP contribution in [0.3, 0.4) is 0 Å². The van der Waals surface area contributed by atoms with Crippen LogP contribution in [0.1, 0.15) is 6.92 Å². The number of thiazole rings is 1. The minimum absolute atomic E-state index is 0.177. The summed E-state index contributed by atoms with van der Waals surface area (Å²) in [6, 6.07) is 4.85. The number of amides is 2. The van der Waals surface area contributed by atoms with E-state index in [-0.39, 0.29) is 24.8 Å². The highest BCUT2D eigenvalue weighted by atomic mass is 32.1. The zero-order chi connectivity index (χ0) is 19.4. The fourth-order valence-electron chi connectivity index (χ4n) is 2.81. The van der Waals surface area contributed by atoms with E-state index in [1.807, 2.05) is 11.8 Å². The van der Waals surface area contributed by atoms with Crippen LogP contribution in [0, 0.1) is 5.82 Å². The fraction of sp³-hybridized carbons (Fsp3) is 0.471. The number of benzene rings is 1. The summed E-state index contributed by atoms with van der Waals surface area (Å²) >= 11 is 1.30. The number of hydrogen-bond acceptors (Lipinski definition) is 7. The van der Waals surface area contributed by atoms with E-state index in [2.05, 4.69) is 20.4 Å². The zero-order valence-corrected chi connectivity index (χ0v) is 15.9. The summed E-state index contributed by atoms with van der Waals surface area (Å²) in [5.41, 5.74) is 0.000593. The maximum absolute atomic E-state index is 13.9. The molecule has 0 aliphatic carbocycles. The van der Waals surface area contributed by atoms with Crippen molar-refractivity contribution in [1.82, 2.24) is 15.6 Å². The van der Waals surface area contributed by atoms with Crippen LogP contribution in [-0.4, -0.2) is 62.5 Å². The molecule has 2 N–H and O–H groups in total. The van der Waals surface area contributed by atoms with Crippen LogP contribution < -0.4 is 15.5 Å². The van der Waals surface area contributed by atoms with Gasteiger partial charge in [0.15, 0.2) is 5.13 Å². The van der Waals surface area contributed by atoms with Crippen LogP contribution in [0.2, 0.25) is 0 Å². The quantitative estimate of drug-likeness (QED) is 0.796. The van der Waals surface area contributed by atoms with Gasteiger partial charge in [-0.3, -0.25) is 4.79 Å². The lowest BCUT2D eigenvalue weighted by Crippen LogP contribution is -2.56. The van der Waals surface area contributed by atoms with Gasteiger partial charge in [0, 0.05) is 13.1 Å². The predicted octanol–water partition coefficient (Wildman–Crippen LogP) is 1.50. The lowest BCUT2D eigenvalue weighted by Gasteiger charge is -2.40. The largest absolute Gasteiger partial charge is 0.453 e. The number of anilines is 1. The number of nitrogens with one attached hydrogen (secondary N) is 2. The molecule has 0 spiro atoms. The minimum atomic E-state index is -0.667. The molecule has 2 amide bonds. The first-order valence-electron chi connectivity index (χ1n) is 8.43. The third-order valence-electron chi connectivity index (χ3n) is 4.20. The number of morpholine rings is 1. The molecule has 8 nitrogen and oxygen atoms in total. The number of hydrogen-bond donors (Lipinski definition) is 2. The van der Waals surface area contributed by atoms with Gasteiger partial charge in [0.1, 0.15) is 11.4 Å². The molecule has 0 bridgehead atoms. The van der Waals surface area contributed by atoms with Crippen molar-refractivity contribution in [2.75, 3.05) is 44.8 Å². The van der Waals surface area contributed by atoms with Gasteiger partial charge in [0.05, 0.1) is 37.0 Å². The van der Waals surface area contributed by atoms with Gasteiger partial charge in [-0.15, -0.1) is 0 Å². The van der Waals surface area contributed by atoms with Crippen LogP contribution >= 0.6 is 11.3 Å². The Hall–Kier alpha value is -2.46. The molecular formula is C17H21FN4O4S. The molecule has 1 aliphatic rings. The predicted molar refractivity (Wildman–Crippen MR) is 99.6 cm³/mol. The molecule has 1 aromatic heterocycles. The second-order valence-corrected chi connectivity index (χ2v) is 7.40. The molecule has 0 saturated carbocycles. The summed E-state index contributed by atoms with van der Waals surface area (Å²) in [5, 5.41) is 5.79. The molecule has 0 radical (unpaired) electrons. The topological polar surface area (TPSA) is 92.8 Å². The van der Waals surface area contributed by atoms with E-state index in [1.165, 1.54) is 24.5 Å². The van der Waals surface area contributed by atoms with Crippen LogP contribution in [0.5, 0.6) is 0 Å². The van der Waals surface area contributed by atoms with E-state index in [4.69, 9.17) is 4.74 Å². The summed E-state index contributed by atoms with van der Waals surface area (Å²) in [4.78, 5) is 29.4. The molecule has 1 aliphatic heterocycles. The van der Waals surface area contributed by atoms with Gasteiger partial charge in [-0.1, -0.05) is 17.4 Å². The molecule has 1 unspecified atom stereocenters. The van der Waals surface area contributed by atoms with E-state index < -0.39 is 11.7 Å². The summed E-state index contributed by atoms with van der Waals surface area (Å²) in [6.45, 7) is 3.58. The number of carbonyl (C=O) groups is 2. The fourth-order valence-corrected chi connectivity index (χ4v) is 3.81. The summed E-state index contributed by atoms with van der Waals surface area (Å²) in [7, 11) is 1.23. The number of carbonyl (C=O) groups excluding carboxylic acids is 2. The van der Waals surface area contributed by atoms with Gasteiger partial charge in [0.2, 0.25) is 5.91 Å². The highest BCUT2D eigenvalue weighted by Gasteiger charge is 2.34. The van der Waals surface area contributed by atoms with E-state index in [9.17, 15) is 14.0 Å². The van der Waals surface area contributed by atoms with Crippen molar-refractivity contribution in [1.29, 1.82) is 0 Å². The maximum Gasteiger partial charge on any atom is 0.407 e. The second-order valence-electron chi connectivity index (χ2n) is 6.43. The summed E-state index contributed by atoms with van der Waals surface area (Å²) in [6.07, 6.45) is -0.667. The average Bonchev–Trinajstić information content (AvgIpc) is 3.10. The van der Waals surface area contributed by atoms with Crippen molar-refractivity contribution in [3.63, 3.8) is 0 Å². The van der Waals surface area contributed by atoms with Crippen molar-refractivity contribution in [3.8, 4) is 0 Å². The van der Waals surface area contributed by atoms with Crippen LogP contribution in [-0.2, 0) is 14.3 Å². The highest BCUT2D eigenvalue weighted by Crippen LogP contribution is 2.32. The Morgan fingerprint density at radius 2 is 2.26 bits per heavy atom. The molecule has 1 aromatic carbocycles. The Labute approximate surface area is 159 Å². The average molecular weight is 396 g/mol. The van der Waals surface area contributed by atoms with Gasteiger partial charge >= 0.3 is 6.09 Å². The van der Waals surface area contributed by atoms with Gasteiger partial charge in [0.25, 0.3) is 0 Å². The first-order valence-corrected chi connectivity index (χ1v) is 9.24. The summed E-state index contributed by atoms with van der Waals surface area (Å²) < 4.78 is 24.7. The Bertz CT molecular complexity index is 845. The van der Waals surface area contributed by atoms with Gasteiger partial charge in [-0.2, -0.15) is 0 Å². The molecule has 27 heavy (non-hydrogen) atoms. The van der Waals surface area contributed by atoms with Gasteiger partial charge in [-0.25, -0.2) is 14.2 Å². The third kappa shape index (κ3) is 4.64. The maximum atomic E-state index is 13.9. The standard InChI is InChI=1S/C17H21FN4O4S/c1-17(9-20-13(23)8-19-16(24)25-2)10-22(6-7-26-17)15-21-12-5-3-4-11(18)14(12)27-15/h3-5H,6-10H2,1-2H3,(H,19,24)(H,20,23). The Morgan fingerprint density at radius 1 is 1.44 bits per heavy atom.